The first-order valence-corrected chi connectivity index (χ1v) is 4.44. The Hall–Kier alpha value is -0.975. The van der Waals surface area contributed by atoms with Gasteiger partial charge in [-0.1, -0.05) is 0 Å². The van der Waals surface area contributed by atoms with Gasteiger partial charge < -0.3 is 9.47 Å². The third-order valence-electron chi connectivity index (χ3n) is 2.31. The molecule has 0 aromatic rings. The molecular formula is C8H17BFNO4+. The Morgan fingerprint density at radius 1 is 1.47 bits per heavy atom. The number of likely N-dealkylation sites (tertiary alicyclic amines) is 1. The van der Waals surface area contributed by atoms with E-state index in [-0.39, 0.29) is 0 Å². The molecule has 1 saturated heterocycles. The van der Waals surface area contributed by atoms with Crippen molar-refractivity contribution in [1.29, 1.82) is 1.45 Å². The fraction of sp³-hybridized carbons (Fsp3) is 0.875. The number of carbonyl (C=O) groups excluding carboxylic acids is 1. The van der Waals surface area contributed by atoms with Crippen molar-refractivity contribution in [3.05, 3.63) is 0 Å². The zero-order chi connectivity index (χ0) is 13.0. The van der Waals surface area contributed by atoms with Crippen molar-refractivity contribution >= 4 is 13.9 Å². The van der Waals surface area contributed by atoms with E-state index >= 15 is 0 Å². The van der Waals surface area contributed by atoms with Crippen molar-refractivity contribution in [3.8, 4) is 0 Å². The van der Waals surface area contributed by atoms with Gasteiger partial charge in [-0.2, -0.15) is 0 Å². The fourth-order valence-electron chi connectivity index (χ4n) is 1.50. The maximum absolute atomic E-state index is 10.7. The molecule has 1 rings (SSSR count). The normalized spacial score (nSPS) is 17.1. The van der Waals surface area contributed by atoms with E-state index < -0.39 is 6.16 Å². The molecule has 5 nitrogen and oxygen atoms in total. The average molecular weight is 222 g/mol. The molecule has 0 N–H and O–H groups in total. The second-order valence-electron chi connectivity index (χ2n) is 3.50. The number of methoxy groups -OCH3 is 1. The van der Waals surface area contributed by atoms with Crippen LogP contribution in [0, 0.1) is 0 Å². The van der Waals surface area contributed by atoms with Gasteiger partial charge in [0.05, 0.1) is 27.2 Å². The Labute approximate surface area is 91.2 Å². The summed E-state index contributed by atoms with van der Waals surface area (Å²) in [6.45, 7) is 2.63. The first-order chi connectivity index (χ1) is 7.66. The van der Waals surface area contributed by atoms with Gasteiger partial charge in [0.2, 0.25) is 6.73 Å². The molecule has 1 aliphatic heterocycles. The molecule has 1 radical (unpaired) electrons. The van der Waals surface area contributed by atoms with Crippen molar-refractivity contribution in [2.24, 2.45) is 0 Å². The van der Waals surface area contributed by atoms with Crippen LogP contribution >= 0.6 is 0 Å². The molecule has 7 heteroatoms. The molecule has 0 spiro atoms. The Balaban J connectivity index is 0. The number of hydrogen-bond donors (Lipinski definition) is 0. The molecule has 0 bridgehead atoms. The van der Waals surface area contributed by atoms with Gasteiger partial charge in [-0.3, -0.25) is 9.20 Å². The van der Waals surface area contributed by atoms with Crippen molar-refractivity contribution in [3.63, 3.8) is 0 Å². The van der Waals surface area contributed by atoms with Gasteiger partial charge in [0.1, 0.15) is 0 Å². The topological polar surface area (TPSA) is 52.6 Å². The quantitative estimate of drug-likeness (QED) is 0.390. The van der Waals surface area contributed by atoms with E-state index in [2.05, 4.69) is 21.0 Å². The van der Waals surface area contributed by atoms with Crippen LogP contribution in [-0.4, -0.2) is 53.8 Å². The van der Waals surface area contributed by atoms with E-state index in [9.17, 15) is 4.79 Å². The Bertz CT molecular complexity index is 193. The third-order valence-corrected chi connectivity index (χ3v) is 2.31. The molecule has 0 unspecified atom stereocenters. The molecule has 15 heavy (non-hydrogen) atoms. The van der Waals surface area contributed by atoms with Gasteiger partial charge in [0, 0.05) is 12.8 Å². The van der Waals surface area contributed by atoms with Gasteiger partial charge in [-0.05, 0) is 0 Å². The summed E-state index contributed by atoms with van der Waals surface area (Å²) in [4.78, 5) is 10.7. The minimum absolute atomic E-state index is 0.437. The zero-order valence-electron chi connectivity index (χ0n) is 10.1. The summed E-state index contributed by atoms with van der Waals surface area (Å²) < 4.78 is 30.9. The van der Waals surface area contributed by atoms with Crippen LogP contribution in [0.15, 0.2) is 0 Å². The molecule has 1 heterocycles. The molecule has 87 valence electrons. The molecule has 0 aromatic heterocycles. The second kappa shape index (κ2) is 8.34. The summed E-state index contributed by atoms with van der Waals surface area (Å²) in [6.07, 6.45) is 1.86. The average Bonchev–Trinajstić information content (AvgIpc) is 2.79. The second-order valence-corrected chi connectivity index (χ2v) is 3.50. The maximum atomic E-state index is 10.7. The SMILES string of the molecule is COC(=O)OC[N+]1(C)CCCC1.[2H]F.[B]=O. The van der Waals surface area contributed by atoms with Crippen molar-refractivity contribution in [1.82, 2.24) is 0 Å². The Morgan fingerprint density at radius 2 is 1.93 bits per heavy atom. The van der Waals surface area contributed by atoms with E-state index in [4.69, 9.17) is 14.2 Å². The number of ether oxygens (including phenoxy) is 2. The molecule has 0 atom stereocenters. The molecule has 1 aliphatic rings. The molecule has 0 saturated carbocycles. The number of halogens is 1. The van der Waals surface area contributed by atoms with E-state index in [0.717, 1.165) is 17.6 Å². The van der Waals surface area contributed by atoms with Gasteiger partial charge >= 0.3 is 18.6 Å². The third kappa shape index (κ3) is 6.17. The van der Waals surface area contributed by atoms with E-state index in [1.165, 1.54) is 20.0 Å². The van der Waals surface area contributed by atoms with Gasteiger partial charge in [0.25, 0.3) is 1.45 Å². The zero-order valence-corrected chi connectivity index (χ0v) is 9.07. The van der Waals surface area contributed by atoms with Gasteiger partial charge in [-0.25, -0.2) is 4.79 Å². The summed E-state index contributed by atoms with van der Waals surface area (Å²) >= 11 is 0. The summed E-state index contributed by atoms with van der Waals surface area (Å²) in [5, 5.41) is 0. The van der Waals surface area contributed by atoms with Crippen molar-refractivity contribution < 1.29 is 28.2 Å². The van der Waals surface area contributed by atoms with Gasteiger partial charge in [0.15, 0.2) is 0 Å². The first-order valence-electron chi connectivity index (χ1n) is 4.82. The number of nitrogens with zero attached hydrogens (tertiary/aromatic N) is 1. The number of carbonyl (C=O) groups is 1. The summed E-state index contributed by atoms with van der Waals surface area (Å²) in [7, 11) is 6.67. The summed E-state index contributed by atoms with van der Waals surface area (Å²) in [5.41, 5.74) is 0. The van der Waals surface area contributed by atoms with Crippen LogP contribution < -0.4 is 0 Å². The van der Waals surface area contributed by atoms with Crippen molar-refractivity contribution in [2.75, 3.05) is 34.0 Å². The van der Waals surface area contributed by atoms with Crippen LogP contribution in [0.3, 0.4) is 0 Å². The van der Waals surface area contributed by atoms with Crippen molar-refractivity contribution in [2.45, 2.75) is 12.8 Å². The number of quaternary nitrogens is 1. The predicted molar refractivity (Wildman–Crippen MR) is 52.5 cm³/mol. The molecule has 0 aromatic carbocycles. The summed E-state index contributed by atoms with van der Waals surface area (Å²) in [6, 6.07) is 0. The monoisotopic (exact) mass is 222 g/mol. The van der Waals surface area contributed by atoms with E-state index in [0.29, 0.717) is 6.73 Å². The van der Waals surface area contributed by atoms with Crippen LogP contribution in [0.4, 0.5) is 9.51 Å². The van der Waals surface area contributed by atoms with E-state index in [1.54, 1.807) is 0 Å². The molecular weight excluding hydrogens is 204 g/mol. The Morgan fingerprint density at radius 3 is 2.33 bits per heavy atom. The number of rotatable bonds is 2. The molecule has 0 amide bonds. The molecule has 0 aliphatic carbocycles. The van der Waals surface area contributed by atoms with E-state index in [1.807, 2.05) is 0 Å². The van der Waals surface area contributed by atoms with Crippen LogP contribution in [-0.2, 0) is 14.2 Å². The van der Waals surface area contributed by atoms with Crippen LogP contribution in [0.5, 0.6) is 0 Å². The predicted octanol–water partition coefficient (Wildman–Crippen LogP) is 0.620. The standard InChI is InChI=1S/C8H16NO3.BO.FH/c1-9(5-3-4-6-9)7-12-8(10)11-2;1-2;/h3-7H2,1-2H3;;1H/q+1;;/i/hD. The molecule has 1 fully saturated rings. The summed E-state index contributed by atoms with van der Waals surface area (Å²) in [5.74, 6) is 0. The van der Waals surface area contributed by atoms with Crippen LogP contribution in [0.25, 0.3) is 0 Å². The Kier molecular flexibility index (Phi) is 7.80. The van der Waals surface area contributed by atoms with Gasteiger partial charge in [-0.15, -0.1) is 0 Å². The van der Waals surface area contributed by atoms with Crippen LogP contribution in [0.2, 0.25) is 0 Å². The minimum atomic E-state index is -0.582. The number of hydrogen-bond acceptors (Lipinski definition) is 4. The fourth-order valence-corrected chi connectivity index (χ4v) is 1.50. The first kappa shape index (κ1) is 14.0. The van der Waals surface area contributed by atoms with Crippen LogP contribution in [0.1, 0.15) is 12.8 Å².